The van der Waals surface area contributed by atoms with Gasteiger partial charge in [0.2, 0.25) is 0 Å². The van der Waals surface area contributed by atoms with Gasteiger partial charge in [-0.05, 0) is 31.4 Å². The molecule has 5 nitrogen and oxygen atoms in total. The lowest BCUT2D eigenvalue weighted by molar-refractivity contribution is -0.112. The largest absolute Gasteiger partial charge is 0.376 e. The summed E-state index contributed by atoms with van der Waals surface area (Å²) in [6.45, 7) is 1.33. The van der Waals surface area contributed by atoms with Crippen molar-refractivity contribution in [3.8, 4) is 0 Å². The number of nitrogens with zero attached hydrogens (tertiary/aromatic N) is 1. The summed E-state index contributed by atoms with van der Waals surface area (Å²) in [6, 6.07) is 2.64. The van der Waals surface area contributed by atoms with Gasteiger partial charge in [-0.15, -0.1) is 0 Å². The van der Waals surface area contributed by atoms with Crippen molar-refractivity contribution in [2.75, 3.05) is 30.4 Å². The van der Waals surface area contributed by atoms with Crippen molar-refractivity contribution in [1.29, 1.82) is 0 Å². The number of hydrogen-bond donors (Lipinski definition) is 1. The molecule has 0 radical (unpaired) electrons. The molecule has 1 aromatic carbocycles. The van der Waals surface area contributed by atoms with Crippen molar-refractivity contribution < 1.29 is 18.7 Å². The van der Waals surface area contributed by atoms with E-state index < -0.39 is 17.5 Å². The van der Waals surface area contributed by atoms with E-state index in [9.17, 15) is 14.0 Å². The second-order valence-corrected chi connectivity index (χ2v) is 5.50. The van der Waals surface area contributed by atoms with E-state index in [1.165, 1.54) is 6.07 Å². The number of Topliss-reactive ketones (excluding diaryl/α,β-unsaturated/α-hetero) is 1. The molecule has 2 aliphatic rings. The molecule has 1 amide bonds. The third-order valence-electron chi connectivity index (χ3n) is 3.95. The second kappa shape index (κ2) is 5.44. The maximum Gasteiger partial charge on any atom is 0.296 e. The van der Waals surface area contributed by atoms with E-state index in [0.29, 0.717) is 17.9 Å². The molecule has 1 saturated heterocycles. The van der Waals surface area contributed by atoms with Gasteiger partial charge in [0.05, 0.1) is 23.0 Å². The molecule has 1 unspecified atom stereocenters. The van der Waals surface area contributed by atoms with Crippen LogP contribution in [0.1, 0.15) is 29.6 Å². The van der Waals surface area contributed by atoms with Gasteiger partial charge in [-0.3, -0.25) is 9.59 Å². The van der Waals surface area contributed by atoms with E-state index in [1.54, 1.807) is 11.9 Å². The molecular formula is C15H17FN2O3. The van der Waals surface area contributed by atoms with E-state index in [-0.39, 0.29) is 11.7 Å². The minimum Gasteiger partial charge on any atom is -0.376 e. The Hall–Kier alpha value is -1.95. The predicted octanol–water partition coefficient (Wildman–Crippen LogP) is 1.97. The summed E-state index contributed by atoms with van der Waals surface area (Å²) in [5, 5.41) is 2.46. The second-order valence-electron chi connectivity index (χ2n) is 5.50. The number of benzene rings is 1. The van der Waals surface area contributed by atoms with Crippen molar-refractivity contribution in [2.45, 2.75) is 25.4 Å². The summed E-state index contributed by atoms with van der Waals surface area (Å²) >= 11 is 0. The Labute approximate surface area is 122 Å². The fraction of sp³-hybridized carbons (Fsp3) is 0.467. The third kappa shape index (κ3) is 2.63. The Kier molecular flexibility index (Phi) is 3.63. The summed E-state index contributed by atoms with van der Waals surface area (Å²) in [6.07, 6.45) is 3.25. The number of hydrogen-bond acceptors (Lipinski definition) is 4. The maximum absolute atomic E-state index is 14.2. The lowest BCUT2D eigenvalue weighted by Gasteiger charge is -2.29. The van der Waals surface area contributed by atoms with E-state index in [0.717, 1.165) is 31.9 Å². The number of carbonyl (C=O) groups excluding carboxylic acids is 2. The molecule has 112 valence electrons. The molecule has 2 heterocycles. The van der Waals surface area contributed by atoms with Crippen LogP contribution in [0, 0.1) is 5.82 Å². The average Bonchev–Trinajstić information content (AvgIpc) is 2.74. The number of amides is 1. The number of ketones is 1. The summed E-state index contributed by atoms with van der Waals surface area (Å²) in [4.78, 5) is 24.6. The lowest BCUT2D eigenvalue weighted by atomic mass is 10.1. The lowest BCUT2D eigenvalue weighted by Crippen LogP contribution is -2.33. The van der Waals surface area contributed by atoms with Gasteiger partial charge in [0.1, 0.15) is 5.82 Å². The summed E-state index contributed by atoms with van der Waals surface area (Å²) < 4.78 is 19.8. The zero-order valence-electron chi connectivity index (χ0n) is 11.8. The van der Waals surface area contributed by atoms with Gasteiger partial charge in [0.25, 0.3) is 11.7 Å². The summed E-state index contributed by atoms with van der Waals surface area (Å²) in [5.41, 5.74) is 0.833. The number of halogens is 1. The zero-order chi connectivity index (χ0) is 15.0. The molecule has 21 heavy (non-hydrogen) atoms. The Bertz CT molecular complexity index is 597. The van der Waals surface area contributed by atoms with Crippen molar-refractivity contribution in [3.63, 3.8) is 0 Å². The van der Waals surface area contributed by atoms with Crippen LogP contribution >= 0.6 is 0 Å². The molecule has 2 aliphatic heterocycles. The molecule has 0 aromatic heterocycles. The first-order valence-electron chi connectivity index (χ1n) is 7.08. The van der Waals surface area contributed by atoms with E-state index >= 15 is 0 Å². The van der Waals surface area contributed by atoms with E-state index in [1.807, 2.05) is 0 Å². The number of carbonyl (C=O) groups is 2. The normalized spacial score (nSPS) is 21.1. The molecule has 0 bridgehead atoms. The maximum atomic E-state index is 14.2. The molecule has 0 spiro atoms. The van der Waals surface area contributed by atoms with Crippen LogP contribution in [-0.2, 0) is 9.53 Å². The van der Waals surface area contributed by atoms with Gasteiger partial charge < -0.3 is 15.0 Å². The summed E-state index contributed by atoms with van der Waals surface area (Å²) in [5.74, 6) is -1.90. The highest BCUT2D eigenvalue weighted by atomic mass is 19.1. The van der Waals surface area contributed by atoms with Gasteiger partial charge in [-0.25, -0.2) is 4.39 Å². The molecule has 1 N–H and O–H groups in total. The molecule has 1 aromatic rings. The number of fused-ring (bicyclic) bond motifs is 1. The standard InChI is InChI=1S/C15H17FN2O3/c1-18(8-9-4-2-3-5-21-9)13-7-12-10(6-11(13)16)14(19)15(20)17-12/h6-7,9H,2-5,8H2,1H3,(H,17,19,20). The molecular weight excluding hydrogens is 275 g/mol. The monoisotopic (exact) mass is 292 g/mol. The molecule has 1 fully saturated rings. The average molecular weight is 292 g/mol. The van der Waals surface area contributed by atoms with Crippen LogP contribution in [0.3, 0.4) is 0 Å². The molecule has 6 heteroatoms. The predicted molar refractivity (Wildman–Crippen MR) is 76.2 cm³/mol. The summed E-state index contributed by atoms with van der Waals surface area (Å²) in [7, 11) is 1.78. The Morgan fingerprint density at radius 2 is 2.19 bits per heavy atom. The Balaban J connectivity index is 1.80. The van der Waals surface area contributed by atoms with E-state index in [4.69, 9.17) is 4.74 Å². The van der Waals surface area contributed by atoms with Crippen molar-refractivity contribution in [3.05, 3.63) is 23.5 Å². The fourth-order valence-electron chi connectivity index (χ4n) is 2.80. The quantitative estimate of drug-likeness (QED) is 0.865. The van der Waals surface area contributed by atoms with Crippen LogP contribution in [-0.4, -0.2) is 38.0 Å². The number of ether oxygens (including phenoxy) is 1. The van der Waals surface area contributed by atoms with Crippen molar-refractivity contribution in [2.24, 2.45) is 0 Å². The first kappa shape index (κ1) is 14.0. The van der Waals surface area contributed by atoms with E-state index in [2.05, 4.69) is 5.32 Å². The van der Waals surface area contributed by atoms with Crippen molar-refractivity contribution >= 4 is 23.1 Å². The molecule has 1 atom stereocenters. The van der Waals surface area contributed by atoms with Crippen LogP contribution < -0.4 is 10.2 Å². The first-order valence-corrected chi connectivity index (χ1v) is 7.08. The highest BCUT2D eigenvalue weighted by molar-refractivity contribution is 6.51. The van der Waals surface area contributed by atoms with Gasteiger partial charge in [-0.2, -0.15) is 0 Å². The topological polar surface area (TPSA) is 58.6 Å². The Morgan fingerprint density at radius 3 is 2.90 bits per heavy atom. The van der Waals surface area contributed by atoms with Crippen LogP contribution in [0.4, 0.5) is 15.8 Å². The van der Waals surface area contributed by atoms with Gasteiger partial charge >= 0.3 is 0 Å². The zero-order valence-corrected chi connectivity index (χ0v) is 11.8. The van der Waals surface area contributed by atoms with Crippen LogP contribution in [0.15, 0.2) is 12.1 Å². The molecule has 3 rings (SSSR count). The highest BCUT2D eigenvalue weighted by Gasteiger charge is 2.30. The fourth-order valence-corrected chi connectivity index (χ4v) is 2.80. The van der Waals surface area contributed by atoms with Crippen LogP contribution in [0.25, 0.3) is 0 Å². The van der Waals surface area contributed by atoms with Gasteiger partial charge in [-0.1, -0.05) is 0 Å². The SMILES string of the molecule is CN(CC1CCCCO1)c1cc2c(cc1F)C(=O)C(=O)N2. The molecule has 0 saturated carbocycles. The van der Waals surface area contributed by atoms with Crippen LogP contribution in [0.5, 0.6) is 0 Å². The number of rotatable bonds is 3. The smallest absolute Gasteiger partial charge is 0.296 e. The minimum absolute atomic E-state index is 0.0904. The number of likely N-dealkylation sites (N-methyl/N-ethyl adjacent to an activating group) is 1. The van der Waals surface area contributed by atoms with Gasteiger partial charge in [0.15, 0.2) is 0 Å². The first-order chi connectivity index (χ1) is 10.1. The highest BCUT2D eigenvalue weighted by Crippen LogP contribution is 2.31. The van der Waals surface area contributed by atoms with Crippen molar-refractivity contribution in [1.82, 2.24) is 0 Å². The number of nitrogens with one attached hydrogen (secondary N) is 1. The minimum atomic E-state index is -0.709. The number of anilines is 2. The van der Waals surface area contributed by atoms with Crippen LogP contribution in [0.2, 0.25) is 0 Å². The third-order valence-corrected chi connectivity index (χ3v) is 3.95. The van der Waals surface area contributed by atoms with Gasteiger partial charge in [0, 0.05) is 20.2 Å². The molecule has 0 aliphatic carbocycles. The Morgan fingerprint density at radius 1 is 1.38 bits per heavy atom.